The molecule has 2 bridgehead atoms. The maximum Gasteiger partial charge on any atom is 0.258 e. The normalized spacial score (nSPS) is 34.6. The minimum atomic E-state index is -0.517. The SMILES string of the molecule is O=C(c1c(F)cccc1Cl)N1C2CCC1[C@@H]1CNC[C@H]21. The molecule has 0 saturated carbocycles. The van der Waals surface area contributed by atoms with Gasteiger partial charge in [-0.3, -0.25) is 4.79 Å². The van der Waals surface area contributed by atoms with Crippen LogP contribution in [0.1, 0.15) is 23.2 Å². The topological polar surface area (TPSA) is 32.3 Å². The highest BCUT2D eigenvalue weighted by atomic mass is 35.5. The number of carbonyl (C=O) groups excluding carboxylic acids is 1. The van der Waals surface area contributed by atoms with E-state index in [1.165, 1.54) is 12.1 Å². The summed E-state index contributed by atoms with van der Waals surface area (Å²) in [6.07, 6.45) is 2.07. The zero-order valence-corrected chi connectivity index (χ0v) is 11.7. The Morgan fingerprint density at radius 3 is 2.50 bits per heavy atom. The number of amides is 1. The van der Waals surface area contributed by atoms with Gasteiger partial charge in [0.2, 0.25) is 0 Å². The summed E-state index contributed by atoms with van der Waals surface area (Å²) in [5.74, 6) is 0.318. The van der Waals surface area contributed by atoms with Crippen LogP contribution in [0.3, 0.4) is 0 Å². The average molecular weight is 295 g/mol. The van der Waals surface area contributed by atoms with Crippen LogP contribution in [0.4, 0.5) is 4.39 Å². The van der Waals surface area contributed by atoms with Gasteiger partial charge in [0.15, 0.2) is 0 Å². The highest BCUT2D eigenvalue weighted by Crippen LogP contribution is 2.48. The fraction of sp³-hybridized carbons (Fsp3) is 0.533. The maximum atomic E-state index is 14.0. The standard InChI is InChI=1S/C15H16ClFN2O/c16-10-2-1-3-11(17)14(10)15(20)19-12-4-5-13(19)9-7-18-6-8(9)12/h1-3,8-9,12-13,18H,4-7H2/t8-,9+,12?,13?. The van der Waals surface area contributed by atoms with Gasteiger partial charge in [0.05, 0.1) is 10.6 Å². The Morgan fingerprint density at radius 2 is 1.90 bits per heavy atom. The Hall–Kier alpha value is -1.13. The molecule has 3 aliphatic heterocycles. The molecule has 0 aliphatic carbocycles. The summed E-state index contributed by atoms with van der Waals surface area (Å²) >= 11 is 6.04. The van der Waals surface area contributed by atoms with Gasteiger partial charge in [-0.05, 0) is 36.8 Å². The van der Waals surface area contributed by atoms with Crippen molar-refractivity contribution in [3.63, 3.8) is 0 Å². The number of halogens is 2. The van der Waals surface area contributed by atoms with Crippen LogP contribution in [-0.2, 0) is 0 Å². The van der Waals surface area contributed by atoms with E-state index in [1.807, 2.05) is 4.90 Å². The molecule has 4 atom stereocenters. The highest BCUT2D eigenvalue weighted by molar-refractivity contribution is 6.33. The quantitative estimate of drug-likeness (QED) is 0.862. The van der Waals surface area contributed by atoms with E-state index in [4.69, 9.17) is 11.6 Å². The number of fused-ring (bicyclic) bond motifs is 5. The first-order chi connectivity index (χ1) is 9.68. The van der Waals surface area contributed by atoms with Crippen molar-refractivity contribution in [1.29, 1.82) is 0 Å². The molecule has 20 heavy (non-hydrogen) atoms. The van der Waals surface area contributed by atoms with E-state index in [1.54, 1.807) is 6.07 Å². The van der Waals surface area contributed by atoms with Gasteiger partial charge in [0.25, 0.3) is 5.91 Å². The summed E-state index contributed by atoms with van der Waals surface area (Å²) in [5.41, 5.74) is 0.0407. The zero-order chi connectivity index (χ0) is 13.9. The predicted molar refractivity (Wildman–Crippen MR) is 74.2 cm³/mol. The summed E-state index contributed by atoms with van der Waals surface area (Å²) in [5, 5.41) is 3.62. The van der Waals surface area contributed by atoms with Gasteiger partial charge >= 0.3 is 0 Å². The molecule has 4 rings (SSSR count). The molecule has 3 aliphatic rings. The Balaban J connectivity index is 1.71. The minimum Gasteiger partial charge on any atom is -0.332 e. The van der Waals surface area contributed by atoms with Crippen LogP contribution in [0.25, 0.3) is 0 Å². The summed E-state index contributed by atoms with van der Waals surface area (Å²) in [7, 11) is 0. The van der Waals surface area contributed by atoms with Crippen LogP contribution in [0.5, 0.6) is 0 Å². The second kappa shape index (κ2) is 4.43. The monoisotopic (exact) mass is 294 g/mol. The van der Waals surface area contributed by atoms with E-state index in [9.17, 15) is 9.18 Å². The molecule has 0 aromatic heterocycles. The van der Waals surface area contributed by atoms with Crippen molar-refractivity contribution >= 4 is 17.5 Å². The van der Waals surface area contributed by atoms with E-state index in [0.717, 1.165) is 25.9 Å². The number of rotatable bonds is 1. The lowest BCUT2D eigenvalue weighted by Crippen LogP contribution is -2.39. The molecule has 106 valence electrons. The van der Waals surface area contributed by atoms with E-state index in [-0.39, 0.29) is 28.6 Å². The van der Waals surface area contributed by atoms with Gasteiger partial charge in [-0.25, -0.2) is 4.39 Å². The predicted octanol–water partition coefficient (Wildman–Crippen LogP) is 2.30. The lowest BCUT2D eigenvalue weighted by atomic mass is 9.82. The van der Waals surface area contributed by atoms with Crippen LogP contribution < -0.4 is 5.32 Å². The number of nitrogens with zero attached hydrogens (tertiary/aromatic N) is 1. The first-order valence-electron chi connectivity index (χ1n) is 7.16. The summed E-state index contributed by atoms with van der Waals surface area (Å²) in [4.78, 5) is 14.7. The molecule has 3 heterocycles. The van der Waals surface area contributed by atoms with Crippen molar-refractivity contribution in [2.75, 3.05) is 13.1 Å². The van der Waals surface area contributed by atoms with Crippen LogP contribution in [0.15, 0.2) is 18.2 Å². The van der Waals surface area contributed by atoms with Crippen molar-refractivity contribution in [1.82, 2.24) is 10.2 Å². The molecule has 1 aromatic rings. The molecule has 0 spiro atoms. The molecule has 3 fully saturated rings. The van der Waals surface area contributed by atoms with Crippen LogP contribution >= 0.6 is 11.6 Å². The van der Waals surface area contributed by atoms with Crippen LogP contribution in [0.2, 0.25) is 5.02 Å². The van der Waals surface area contributed by atoms with Gasteiger partial charge in [-0.15, -0.1) is 0 Å². The molecular weight excluding hydrogens is 279 g/mol. The molecule has 2 unspecified atom stereocenters. The van der Waals surface area contributed by atoms with Crippen molar-refractivity contribution < 1.29 is 9.18 Å². The molecule has 0 radical (unpaired) electrons. The van der Waals surface area contributed by atoms with Gasteiger partial charge in [0.1, 0.15) is 5.82 Å². The van der Waals surface area contributed by atoms with Crippen molar-refractivity contribution in [2.45, 2.75) is 24.9 Å². The first-order valence-corrected chi connectivity index (χ1v) is 7.53. The lowest BCUT2D eigenvalue weighted by Gasteiger charge is -2.25. The number of benzene rings is 1. The zero-order valence-electron chi connectivity index (χ0n) is 11.0. The molecule has 5 heteroatoms. The van der Waals surface area contributed by atoms with Gasteiger partial charge in [-0.2, -0.15) is 0 Å². The number of nitrogens with one attached hydrogen (secondary N) is 1. The second-order valence-electron chi connectivity index (χ2n) is 6.01. The molecule has 3 saturated heterocycles. The highest BCUT2D eigenvalue weighted by Gasteiger charge is 2.56. The van der Waals surface area contributed by atoms with Crippen molar-refractivity contribution in [3.05, 3.63) is 34.6 Å². The lowest BCUT2D eigenvalue weighted by molar-refractivity contribution is 0.0705. The minimum absolute atomic E-state index is 0.0407. The Bertz CT molecular complexity index is 541. The fourth-order valence-corrected chi connectivity index (χ4v) is 4.64. The van der Waals surface area contributed by atoms with Crippen LogP contribution in [-0.4, -0.2) is 36.0 Å². The third kappa shape index (κ3) is 1.58. The third-order valence-electron chi connectivity index (χ3n) is 5.18. The Morgan fingerprint density at radius 1 is 1.25 bits per heavy atom. The van der Waals surface area contributed by atoms with Crippen molar-refractivity contribution in [3.8, 4) is 0 Å². The third-order valence-corrected chi connectivity index (χ3v) is 5.50. The number of hydrogen-bond acceptors (Lipinski definition) is 2. The van der Waals surface area contributed by atoms with Gasteiger partial charge < -0.3 is 10.2 Å². The Kier molecular flexibility index (Phi) is 2.79. The van der Waals surface area contributed by atoms with Gasteiger partial charge in [-0.1, -0.05) is 17.7 Å². The Labute approximate surface area is 122 Å². The summed E-state index contributed by atoms with van der Waals surface area (Å²) < 4.78 is 14.0. The molecule has 1 amide bonds. The summed E-state index contributed by atoms with van der Waals surface area (Å²) in [6, 6.07) is 4.93. The second-order valence-corrected chi connectivity index (χ2v) is 6.41. The van der Waals surface area contributed by atoms with Crippen LogP contribution in [0, 0.1) is 17.7 Å². The first kappa shape index (κ1) is 12.6. The molecule has 3 nitrogen and oxygen atoms in total. The maximum absolute atomic E-state index is 14.0. The van der Waals surface area contributed by atoms with E-state index >= 15 is 0 Å². The van der Waals surface area contributed by atoms with E-state index in [0.29, 0.717) is 11.8 Å². The van der Waals surface area contributed by atoms with E-state index in [2.05, 4.69) is 5.32 Å². The number of hydrogen-bond donors (Lipinski definition) is 1. The van der Waals surface area contributed by atoms with E-state index < -0.39 is 5.82 Å². The average Bonchev–Trinajstić information content (AvgIpc) is 3.10. The van der Waals surface area contributed by atoms with Crippen molar-refractivity contribution in [2.24, 2.45) is 11.8 Å². The van der Waals surface area contributed by atoms with Gasteiger partial charge in [0, 0.05) is 25.2 Å². The molecular formula is C15H16ClFN2O. The number of carbonyl (C=O) groups is 1. The largest absolute Gasteiger partial charge is 0.332 e. The fourth-order valence-electron chi connectivity index (χ4n) is 4.40. The molecule has 1 aromatic carbocycles. The molecule has 1 N–H and O–H groups in total. The summed E-state index contributed by atoms with van der Waals surface area (Å²) in [6.45, 7) is 1.95. The smallest absolute Gasteiger partial charge is 0.258 e.